The van der Waals surface area contributed by atoms with Crippen LogP contribution in [0.15, 0.2) is 24.3 Å². The zero-order valence-corrected chi connectivity index (χ0v) is 20.3. The normalized spacial score (nSPS) is 16.9. The van der Waals surface area contributed by atoms with Crippen LogP contribution >= 0.6 is 0 Å². The van der Waals surface area contributed by atoms with E-state index in [1.807, 2.05) is 0 Å². The molecule has 11 heteroatoms. The van der Waals surface area contributed by atoms with Crippen LogP contribution in [-0.2, 0) is 15.7 Å². The summed E-state index contributed by atoms with van der Waals surface area (Å²) in [6.07, 6.45) is -3.74. The molecule has 36 heavy (non-hydrogen) atoms. The lowest BCUT2D eigenvalue weighted by molar-refractivity contribution is -0.137. The fraction of sp³-hybridized carbons (Fsp3) is 0.440. The zero-order valence-electron chi connectivity index (χ0n) is 20.3. The number of aryl methyl sites for hydroxylation is 1. The second kappa shape index (κ2) is 10.4. The van der Waals surface area contributed by atoms with E-state index in [2.05, 4.69) is 9.97 Å². The van der Waals surface area contributed by atoms with Gasteiger partial charge in [-0.3, -0.25) is 0 Å². The van der Waals surface area contributed by atoms with E-state index in [-0.39, 0.29) is 24.2 Å². The van der Waals surface area contributed by atoms with Gasteiger partial charge in [0.2, 0.25) is 0 Å². The molecule has 1 aromatic heterocycles. The van der Waals surface area contributed by atoms with Gasteiger partial charge in [0.15, 0.2) is 11.5 Å². The molecule has 0 radical (unpaired) electrons. The summed E-state index contributed by atoms with van der Waals surface area (Å²) in [6, 6.07) is 5.16. The van der Waals surface area contributed by atoms with Crippen molar-refractivity contribution in [3.8, 4) is 11.5 Å². The number of nitrogen functional groups attached to an aromatic ring is 2. The molecule has 1 saturated heterocycles. The van der Waals surface area contributed by atoms with Crippen molar-refractivity contribution >= 4 is 22.4 Å². The van der Waals surface area contributed by atoms with Gasteiger partial charge in [-0.05, 0) is 37.1 Å². The maximum atomic E-state index is 13.5. The van der Waals surface area contributed by atoms with Gasteiger partial charge in [0.05, 0.1) is 42.9 Å². The van der Waals surface area contributed by atoms with Gasteiger partial charge in [0.1, 0.15) is 18.2 Å². The molecule has 1 fully saturated rings. The highest BCUT2D eigenvalue weighted by Gasteiger charge is 2.32. The quantitative estimate of drug-likeness (QED) is 0.340. The van der Waals surface area contributed by atoms with Gasteiger partial charge in [-0.15, -0.1) is 0 Å². The van der Waals surface area contributed by atoms with Crippen molar-refractivity contribution in [3.63, 3.8) is 0 Å². The van der Waals surface area contributed by atoms with Crippen molar-refractivity contribution in [1.82, 2.24) is 9.97 Å². The second-order valence-electron chi connectivity index (χ2n) is 8.68. The summed E-state index contributed by atoms with van der Waals surface area (Å²) < 4.78 is 63.5. The number of alkyl halides is 3. The summed E-state index contributed by atoms with van der Waals surface area (Å²) in [6.45, 7) is 5.11. The van der Waals surface area contributed by atoms with Gasteiger partial charge >= 0.3 is 6.18 Å². The maximum Gasteiger partial charge on any atom is 0.416 e. The largest absolute Gasteiger partial charge is 0.493 e. The van der Waals surface area contributed by atoms with E-state index in [0.29, 0.717) is 59.2 Å². The number of ether oxygens (including phenoxy) is 4. The highest BCUT2D eigenvalue weighted by atomic mass is 19.4. The van der Waals surface area contributed by atoms with Crippen molar-refractivity contribution in [3.05, 3.63) is 46.8 Å². The maximum absolute atomic E-state index is 13.5. The molecule has 4 N–H and O–H groups in total. The van der Waals surface area contributed by atoms with Crippen LogP contribution in [0.25, 0.3) is 10.9 Å². The monoisotopic (exact) mass is 506 g/mol. The predicted molar refractivity (Wildman–Crippen MR) is 129 cm³/mol. The molecule has 1 aliphatic heterocycles. The number of nitrogens with zero attached hydrogens (tertiary/aromatic N) is 2. The number of aromatic nitrogens is 2. The lowest BCUT2D eigenvalue weighted by atomic mass is 9.88. The van der Waals surface area contributed by atoms with Crippen molar-refractivity contribution in [2.24, 2.45) is 0 Å². The fourth-order valence-electron chi connectivity index (χ4n) is 4.41. The van der Waals surface area contributed by atoms with Gasteiger partial charge in [0.25, 0.3) is 0 Å². The number of nitrogens with two attached hydrogens (primary N) is 2. The first kappa shape index (κ1) is 25.8. The molecule has 0 amide bonds. The molecule has 2 heterocycles. The van der Waals surface area contributed by atoms with Crippen molar-refractivity contribution in [2.45, 2.75) is 38.5 Å². The lowest BCUT2D eigenvalue weighted by Crippen LogP contribution is -2.18. The van der Waals surface area contributed by atoms with Crippen LogP contribution in [-0.4, -0.2) is 49.6 Å². The standard InChI is InChI=1S/C25H29F3N4O4/c1-13(15-8-16(25(26,27)28)10-17(29)9-15)21-22-19(31-14(2)32-24(22)30)11-20(33-3)23(21)36-7-6-35-18-4-5-34-12-18/h8-11,13,18H,4-7,12,29H2,1-3H3,(H2,30,31,32)/t13-,18+/m1/s1. The molecule has 0 saturated carbocycles. The molecule has 0 unspecified atom stereocenters. The minimum absolute atomic E-state index is 0.00518. The second-order valence-corrected chi connectivity index (χ2v) is 8.68. The van der Waals surface area contributed by atoms with E-state index >= 15 is 0 Å². The molecular formula is C25H29F3N4O4. The van der Waals surface area contributed by atoms with Crippen LogP contribution in [0.1, 0.15) is 41.8 Å². The first-order valence-electron chi connectivity index (χ1n) is 11.5. The first-order valence-corrected chi connectivity index (χ1v) is 11.5. The van der Waals surface area contributed by atoms with Gasteiger partial charge in [-0.1, -0.05) is 6.92 Å². The Bertz CT molecular complexity index is 1250. The van der Waals surface area contributed by atoms with Gasteiger partial charge in [0, 0.05) is 29.8 Å². The molecule has 194 valence electrons. The molecule has 8 nitrogen and oxygen atoms in total. The average molecular weight is 507 g/mol. The average Bonchev–Trinajstić information content (AvgIpc) is 3.33. The Morgan fingerprint density at radius 2 is 1.92 bits per heavy atom. The van der Waals surface area contributed by atoms with E-state index in [4.69, 9.17) is 30.4 Å². The summed E-state index contributed by atoms with van der Waals surface area (Å²) in [4.78, 5) is 8.76. The zero-order chi connectivity index (χ0) is 26.0. The minimum atomic E-state index is -4.56. The van der Waals surface area contributed by atoms with E-state index in [1.165, 1.54) is 13.2 Å². The van der Waals surface area contributed by atoms with Crippen LogP contribution in [0, 0.1) is 6.92 Å². The molecule has 0 spiro atoms. The van der Waals surface area contributed by atoms with Crippen LogP contribution in [0.3, 0.4) is 0 Å². The highest BCUT2D eigenvalue weighted by molar-refractivity contribution is 5.95. The highest BCUT2D eigenvalue weighted by Crippen LogP contribution is 2.46. The van der Waals surface area contributed by atoms with Gasteiger partial charge < -0.3 is 30.4 Å². The van der Waals surface area contributed by atoms with Crippen LogP contribution in [0.4, 0.5) is 24.7 Å². The Kier molecular flexibility index (Phi) is 7.41. The Balaban J connectivity index is 1.81. The number of fused-ring (bicyclic) bond motifs is 1. The number of anilines is 2. The minimum Gasteiger partial charge on any atom is -0.493 e. The summed E-state index contributed by atoms with van der Waals surface area (Å²) in [5, 5.41) is 0.477. The summed E-state index contributed by atoms with van der Waals surface area (Å²) in [5.74, 6) is 0.709. The van der Waals surface area contributed by atoms with E-state index in [9.17, 15) is 13.2 Å². The molecular weight excluding hydrogens is 477 g/mol. The Morgan fingerprint density at radius 3 is 2.58 bits per heavy atom. The molecule has 1 aliphatic rings. The van der Waals surface area contributed by atoms with E-state index in [0.717, 1.165) is 18.6 Å². The van der Waals surface area contributed by atoms with Gasteiger partial charge in [-0.25, -0.2) is 9.97 Å². The van der Waals surface area contributed by atoms with E-state index < -0.39 is 17.7 Å². The predicted octanol–water partition coefficient (Wildman–Crippen LogP) is 4.47. The number of hydrogen-bond donors (Lipinski definition) is 2. The van der Waals surface area contributed by atoms with Gasteiger partial charge in [-0.2, -0.15) is 13.2 Å². The van der Waals surface area contributed by atoms with Crippen molar-refractivity contribution in [1.29, 1.82) is 0 Å². The lowest BCUT2D eigenvalue weighted by Gasteiger charge is -2.23. The van der Waals surface area contributed by atoms with Crippen LogP contribution in [0.5, 0.6) is 11.5 Å². The molecule has 4 rings (SSSR count). The molecule has 3 aromatic rings. The SMILES string of the molecule is COc1cc2nc(C)nc(N)c2c([C@H](C)c2cc(N)cc(C(F)(F)F)c2)c1OCCO[C@H]1CCOC1. The Morgan fingerprint density at radius 1 is 1.14 bits per heavy atom. The summed E-state index contributed by atoms with van der Waals surface area (Å²) >= 11 is 0. The number of methoxy groups -OCH3 is 1. The van der Waals surface area contributed by atoms with Crippen LogP contribution < -0.4 is 20.9 Å². The molecule has 0 bridgehead atoms. The van der Waals surface area contributed by atoms with Crippen molar-refractivity contribution in [2.75, 3.05) is 45.0 Å². The number of benzene rings is 2. The third-order valence-electron chi connectivity index (χ3n) is 6.11. The number of halogens is 3. The first-order chi connectivity index (χ1) is 17.1. The Labute approximate surface area is 206 Å². The third kappa shape index (κ3) is 5.41. The number of hydrogen-bond acceptors (Lipinski definition) is 8. The summed E-state index contributed by atoms with van der Waals surface area (Å²) in [7, 11) is 1.48. The third-order valence-corrected chi connectivity index (χ3v) is 6.11. The summed E-state index contributed by atoms with van der Waals surface area (Å²) in [5.41, 5.74) is 12.6. The van der Waals surface area contributed by atoms with E-state index in [1.54, 1.807) is 19.9 Å². The van der Waals surface area contributed by atoms with Crippen LogP contribution in [0.2, 0.25) is 0 Å². The fourth-order valence-corrected chi connectivity index (χ4v) is 4.41. The Hall–Kier alpha value is -3.31. The smallest absolute Gasteiger partial charge is 0.416 e. The molecule has 2 atom stereocenters. The topological polar surface area (TPSA) is 115 Å². The van der Waals surface area contributed by atoms with Crippen molar-refractivity contribution < 1.29 is 32.1 Å². The number of rotatable bonds is 8. The molecule has 2 aromatic carbocycles. The molecule has 0 aliphatic carbocycles.